The fourth-order valence-corrected chi connectivity index (χ4v) is 6.35. The molecular weight excluding hydrogens is 418 g/mol. The van der Waals surface area contributed by atoms with E-state index in [4.69, 9.17) is 0 Å². The molecule has 5 rings (SSSR count). The smallest absolute Gasteiger partial charge is 0.256 e. The maximum atomic E-state index is 13.9. The van der Waals surface area contributed by atoms with E-state index in [1.165, 1.54) is 0 Å². The summed E-state index contributed by atoms with van der Waals surface area (Å²) >= 11 is 0. The molecule has 0 spiro atoms. The van der Waals surface area contributed by atoms with Gasteiger partial charge in [-0.05, 0) is 59.4 Å². The number of hydrogen-bond acceptors (Lipinski definition) is 2. The Morgan fingerprint density at radius 3 is 2.12 bits per heavy atom. The van der Waals surface area contributed by atoms with E-state index in [0.29, 0.717) is 17.9 Å². The van der Waals surface area contributed by atoms with E-state index >= 15 is 0 Å². The van der Waals surface area contributed by atoms with Crippen molar-refractivity contribution in [1.82, 2.24) is 5.32 Å². The Bertz CT molecular complexity index is 1270. The van der Waals surface area contributed by atoms with Gasteiger partial charge < -0.3 is 5.32 Å². The van der Waals surface area contributed by atoms with Crippen LogP contribution in [-0.2, 0) is 4.79 Å². The maximum absolute atomic E-state index is 13.9. The molecule has 2 fully saturated rings. The SMILES string of the molecule is CC(=C(NC(=O)c1ccccc1-c1ccccc1)C12CCC(CC1=O)C2(C)C)c1ccccc1. The number of amides is 1. The van der Waals surface area contributed by atoms with E-state index in [9.17, 15) is 9.59 Å². The largest absolute Gasteiger partial charge is 0.324 e. The lowest BCUT2D eigenvalue weighted by atomic mass is 9.65. The number of fused-ring (bicyclic) bond motifs is 2. The molecule has 2 aliphatic rings. The monoisotopic (exact) mass is 449 g/mol. The summed E-state index contributed by atoms with van der Waals surface area (Å²) in [6.07, 6.45) is 2.39. The summed E-state index contributed by atoms with van der Waals surface area (Å²) < 4.78 is 0. The van der Waals surface area contributed by atoms with Gasteiger partial charge >= 0.3 is 0 Å². The van der Waals surface area contributed by atoms with Crippen LogP contribution in [0.15, 0.2) is 90.6 Å². The highest BCUT2D eigenvalue weighted by Crippen LogP contribution is 2.67. The van der Waals surface area contributed by atoms with Gasteiger partial charge in [-0.25, -0.2) is 0 Å². The average molecular weight is 450 g/mol. The van der Waals surface area contributed by atoms with Crippen molar-refractivity contribution in [2.24, 2.45) is 16.7 Å². The van der Waals surface area contributed by atoms with Gasteiger partial charge in [0, 0.05) is 17.7 Å². The summed E-state index contributed by atoms with van der Waals surface area (Å²) in [7, 11) is 0. The van der Waals surface area contributed by atoms with Crippen molar-refractivity contribution in [2.45, 2.75) is 40.0 Å². The lowest BCUT2D eigenvalue weighted by Gasteiger charge is -2.40. The Kier molecular flexibility index (Phi) is 5.51. The number of nitrogens with one attached hydrogen (secondary N) is 1. The number of ketones is 1. The first-order valence-electron chi connectivity index (χ1n) is 12.1. The molecule has 0 aliphatic heterocycles. The Labute approximate surface area is 201 Å². The first-order valence-corrected chi connectivity index (χ1v) is 12.1. The summed E-state index contributed by atoms with van der Waals surface area (Å²) in [5, 5.41) is 3.31. The van der Waals surface area contributed by atoms with E-state index in [1.54, 1.807) is 0 Å². The number of benzene rings is 3. The molecule has 2 aliphatic carbocycles. The van der Waals surface area contributed by atoms with Gasteiger partial charge in [0.15, 0.2) is 0 Å². The van der Waals surface area contributed by atoms with Crippen LogP contribution in [0.5, 0.6) is 0 Å². The van der Waals surface area contributed by atoms with Crippen LogP contribution in [0.3, 0.4) is 0 Å². The van der Waals surface area contributed by atoms with E-state index in [1.807, 2.05) is 79.7 Å². The molecule has 0 heterocycles. The standard InChI is InChI=1S/C31H31NO2/c1-21(22-12-6-4-7-13-22)28(31-19-18-24(20-27(31)33)30(31,2)3)32-29(34)26-17-11-10-16-25(26)23-14-8-5-9-15-23/h4-17,24H,18-20H2,1-3H3,(H,32,34). The number of allylic oxidation sites excluding steroid dienone is 2. The molecule has 34 heavy (non-hydrogen) atoms. The predicted molar refractivity (Wildman–Crippen MR) is 137 cm³/mol. The Balaban J connectivity index is 1.64. The second-order valence-corrected chi connectivity index (χ2v) is 10.2. The quantitative estimate of drug-likeness (QED) is 0.460. The van der Waals surface area contributed by atoms with Gasteiger partial charge in [0.25, 0.3) is 5.91 Å². The van der Waals surface area contributed by atoms with Crippen LogP contribution in [0.1, 0.15) is 56.0 Å². The van der Waals surface area contributed by atoms with Crippen molar-refractivity contribution in [3.05, 3.63) is 102 Å². The third kappa shape index (κ3) is 3.34. The van der Waals surface area contributed by atoms with E-state index in [0.717, 1.165) is 40.8 Å². The number of Topliss-reactive ketones (excluding diaryl/α,β-unsaturated/α-hetero) is 1. The molecule has 2 saturated carbocycles. The first kappa shape index (κ1) is 22.3. The van der Waals surface area contributed by atoms with E-state index in [-0.39, 0.29) is 17.1 Å². The maximum Gasteiger partial charge on any atom is 0.256 e. The highest BCUT2D eigenvalue weighted by molar-refractivity contribution is 6.04. The molecule has 3 aromatic carbocycles. The van der Waals surface area contributed by atoms with Gasteiger partial charge in [-0.15, -0.1) is 0 Å². The van der Waals surface area contributed by atoms with Gasteiger partial charge in [0.1, 0.15) is 5.78 Å². The summed E-state index contributed by atoms with van der Waals surface area (Å²) in [5.41, 5.74) is 4.39. The summed E-state index contributed by atoms with van der Waals surface area (Å²) in [5.74, 6) is 0.445. The predicted octanol–water partition coefficient (Wildman–Crippen LogP) is 6.91. The molecule has 1 N–H and O–H groups in total. The number of rotatable bonds is 5. The molecule has 3 heteroatoms. The second kappa shape index (κ2) is 8.39. The van der Waals surface area contributed by atoms with Gasteiger partial charge in [-0.3, -0.25) is 9.59 Å². The Hall–Kier alpha value is -3.46. The van der Waals surface area contributed by atoms with Crippen molar-refractivity contribution >= 4 is 17.3 Å². The van der Waals surface area contributed by atoms with Crippen LogP contribution in [0.4, 0.5) is 0 Å². The van der Waals surface area contributed by atoms with Gasteiger partial charge in [0.2, 0.25) is 0 Å². The van der Waals surface area contributed by atoms with Crippen LogP contribution < -0.4 is 5.32 Å². The van der Waals surface area contributed by atoms with Crippen molar-refractivity contribution in [2.75, 3.05) is 0 Å². The summed E-state index contributed by atoms with van der Waals surface area (Å²) in [6, 6.07) is 27.7. The van der Waals surface area contributed by atoms with Crippen molar-refractivity contribution in [3.8, 4) is 11.1 Å². The lowest BCUT2D eigenvalue weighted by Crippen LogP contribution is -2.45. The molecule has 172 valence electrons. The van der Waals surface area contributed by atoms with Crippen LogP contribution in [-0.4, -0.2) is 11.7 Å². The zero-order chi connectivity index (χ0) is 23.9. The minimum absolute atomic E-state index is 0.168. The summed E-state index contributed by atoms with van der Waals surface area (Å²) in [4.78, 5) is 27.4. The third-order valence-corrected chi connectivity index (χ3v) is 8.40. The minimum atomic E-state index is -0.672. The molecule has 0 aromatic heterocycles. The van der Waals surface area contributed by atoms with E-state index in [2.05, 4.69) is 31.3 Å². The van der Waals surface area contributed by atoms with Gasteiger partial charge in [-0.2, -0.15) is 0 Å². The van der Waals surface area contributed by atoms with Crippen LogP contribution >= 0.6 is 0 Å². The zero-order valence-corrected chi connectivity index (χ0v) is 20.1. The lowest BCUT2D eigenvalue weighted by molar-refractivity contribution is -0.127. The molecule has 2 atom stereocenters. The first-order chi connectivity index (χ1) is 16.4. The number of carbonyl (C=O) groups excluding carboxylic acids is 2. The highest BCUT2D eigenvalue weighted by atomic mass is 16.2. The number of carbonyl (C=O) groups is 2. The molecular formula is C31H31NO2. The molecule has 2 bridgehead atoms. The molecule has 0 saturated heterocycles. The fourth-order valence-electron chi connectivity index (χ4n) is 6.35. The Morgan fingerprint density at radius 2 is 1.50 bits per heavy atom. The normalized spacial score (nSPS) is 23.5. The molecule has 2 unspecified atom stereocenters. The van der Waals surface area contributed by atoms with Crippen LogP contribution in [0.2, 0.25) is 0 Å². The zero-order valence-electron chi connectivity index (χ0n) is 20.1. The Morgan fingerprint density at radius 1 is 0.882 bits per heavy atom. The molecule has 1 amide bonds. The molecule has 0 radical (unpaired) electrons. The average Bonchev–Trinajstić information content (AvgIpc) is 3.23. The number of hydrogen-bond donors (Lipinski definition) is 1. The topological polar surface area (TPSA) is 46.2 Å². The summed E-state index contributed by atoms with van der Waals surface area (Å²) in [6.45, 7) is 6.45. The van der Waals surface area contributed by atoms with Crippen LogP contribution in [0, 0.1) is 16.7 Å². The van der Waals surface area contributed by atoms with Gasteiger partial charge in [-0.1, -0.05) is 92.7 Å². The van der Waals surface area contributed by atoms with Crippen LogP contribution in [0.25, 0.3) is 16.7 Å². The second-order valence-electron chi connectivity index (χ2n) is 10.2. The molecule has 3 nitrogen and oxygen atoms in total. The highest BCUT2D eigenvalue weighted by Gasteiger charge is 2.66. The van der Waals surface area contributed by atoms with Crippen molar-refractivity contribution < 1.29 is 9.59 Å². The molecule has 3 aromatic rings. The fraction of sp³-hybridized carbons (Fsp3) is 0.290. The minimum Gasteiger partial charge on any atom is -0.324 e. The van der Waals surface area contributed by atoms with Crippen molar-refractivity contribution in [1.29, 1.82) is 0 Å². The third-order valence-electron chi connectivity index (χ3n) is 8.40. The van der Waals surface area contributed by atoms with Crippen molar-refractivity contribution in [3.63, 3.8) is 0 Å². The van der Waals surface area contributed by atoms with Gasteiger partial charge in [0.05, 0.1) is 5.41 Å². The van der Waals surface area contributed by atoms with E-state index < -0.39 is 5.41 Å².